The predicted octanol–water partition coefficient (Wildman–Crippen LogP) is 8.00. The highest BCUT2D eigenvalue weighted by Gasteiger charge is 2.36. The normalized spacial score (nSPS) is 23.5. The summed E-state index contributed by atoms with van der Waals surface area (Å²) in [5.41, 5.74) is 3.23. The Labute approximate surface area is 250 Å². The summed E-state index contributed by atoms with van der Waals surface area (Å²) in [7, 11) is 0. The molecule has 0 saturated heterocycles. The molecule has 41 heavy (non-hydrogen) atoms. The first-order valence-corrected chi connectivity index (χ1v) is 15.9. The van der Waals surface area contributed by atoms with Crippen molar-refractivity contribution >= 4 is 0 Å². The number of pyridine rings is 1. The zero-order valence-corrected chi connectivity index (χ0v) is 27.6. The van der Waals surface area contributed by atoms with Gasteiger partial charge in [-0.15, -0.1) is 0 Å². The van der Waals surface area contributed by atoms with Crippen molar-refractivity contribution in [3.63, 3.8) is 0 Å². The molecule has 0 amide bonds. The van der Waals surface area contributed by atoms with Crippen LogP contribution < -0.4 is 20.1 Å². The van der Waals surface area contributed by atoms with E-state index in [1.807, 2.05) is 12.3 Å². The average Bonchev–Trinajstić information content (AvgIpc) is 2.80. The van der Waals surface area contributed by atoms with Gasteiger partial charge in [0.15, 0.2) is 0 Å². The van der Waals surface area contributed by atoms with Crippen molar-refractivity contribution in [2.24, 2.45) is 5.41 Å². The van der Waals surface area contributed by atoms with Crippen LogP contribution in [-0.4, -0.2) is 40.4 Å². The van der Waals surface area contributed by atoms with E-state index in [1.54, 1.807) is 0 Å². The Bertz CT molecular complexity index is 1100. The summed E-state index contributed by atoms with van der Waals surface area (Å²) in [5, 5.41) is 7.57. The number of hydrogen-bond acceptors (Lipinski definition) is 5. The van der Waals surface area contributed by atoms with Crippen molar-refractivity contribution in [3.8, 4) is 11.6 Å². The number of nitrogens with one attached hydrogen (secondary N) is 2. The van der Waals surface area contributed by atoms with E-state index >= 15 is 0 Å². The maximum absolute atomic E-state index is 6.22. The molecular formula is C36H57N3O2. The minimum atomic E-state index is 0.0969. The lowest BCUT2D eigenvalue weighted by molar-refractivity contribution is 0.0643. The number of hydrogen-bond donors (Lipinski definition) is 2. The molecule has 2 aliphatic rings. The first-order valence-electron chi connectivity index (χ1n) is 15.9. The molecule has 0 unspecified atom stereocenters. The Balaban J connectivity index is 1.14. The highest BCUT2D eigenvalue weighted by Crippen LogP contribution is 2.34. The van der Waals surface area contributed by atoms with Gasteiger partial charge in [0.2, 0.25) is 5.88 Å². The van der Waals surface area contributed by atoms with Gasteiger partial charge in [-0.3, -0.25) is 0 Å². The minimum absolute atomic E-state index is 0.0969. The van der Waals surface area contributed by atoms with Gasteiger partial charge in [-0.25, -0.2) is 4.98 Å². The van der Waals surface area contributed by atoms with E-state index in [2.05, 4.69) is 115 Å². The molecule has 2 aromatic rings. The highest BCUT2D eigenvalue weighted by molar-refractivity contribution is 5.28. The quantitative estimate of drug-likeness (QED) is 0.274. The third-order valence-electron chi connectivity index (χ3n) is 8.65. The van der Waals surface area contributed by atoms with E-state index < -0.39 is 0 Å². The molecule has 2 fully saturated rings. The lowest BCUT2D eigenvalue weighted by Gasteiger charge is -2.42. The Morgan fingerprint density at radius 1 is 0.707 bits per heavy atom. The number of aromatic nitrogens is 1. The molecule has 2 saturated carbocycles. The van der Waals surface area contributed by atoms with Gasteiger partial charge in [-0.05, 0) is 114 Å². The number of benzene rings is 1. The average molecular weight is 564 g/mol. The monoisotopic (exact) mass is 563 g/mol. The molecule has 1 heterocycles. The fourth-order valence-corrected chi connectivity index (χ4v) is 6.03. The second-order valence-corrected chi connectivity index (χ2v) is 16.4. The fourth-order valence-electron chi connectivity index (χ4n) is 6.03. The lowest BCUT2D eigenvalue weighted by Crippen LogP contribution is -2.54. The van der Waals surface area contributed by atoms with Crippen LogP contribution in [0.5, 0.6) is 11.6 Å². The molecule has 2 aliphatic carbocycles. The largest absolute Gasteiger partial charge is 0.490 e. The van der Waals surface area contributed by atoms with Crippen LogP contribution in [-0.2, 0) is 11.8 Å². The van der Waals surface area contributed by atoms with Gasteiger partial charge >= 0.3 is 0 Å². The molecule has 228 valence electrons. The second-order valence-electron chi connectivity index (χ2n) is 16.4. The summed E-state index contributed by atoms with van der Waals surface area (Å²) in [6.45, 7) is 22.8. The molecule has 5 nitrogen and oxygen atoms in total. The summed E-state index contributed by atoms with van der Waals surface area (Å²) in [5.74, 6) is 1.74. The Morgan fingerprint density at radius 3 is 1.83 bits per heavy atom. The third kappa shape index (κ3) is 9.99. The maximum Gasteiger partial charge on any atom is 0.213 e. The van der Waals surface area contributed by atoms with Crippen LogP contribution in [0.4, 0.5) is 0 Å². The van der Waals surface area contributed by atoms with E-state index in [0.29, 0.717) is 18.2 Å². The lowest BCUT2D eigenvalue weighted by atomic mass is 9.77. The van der Waals surface area contributed by atoms with Crippen molar-refractivity contribution in [1.29, 1.82) is 0 Å². The molecule has 0 atom stereocenters. The number of rotatable bonds is 12. The van der Waals surface area contributed by atoms with E-state index in [4.69, 9.17) is 9.47 Å². The zero-order valence-electron chi connectivity index (χ0n) is 27.6. The van der Waals surface area contributed by atoms with Crippen LogP contribution in [0.1, 0.15) is 119 Å². The molecule has 0 aliphatic heterocycles. The Hall–Kier alpha value is -2.11. The second kappa shape index (κ2) is 12.2. The van der Waals surface area contributed by atoms with Gasteiger partial charge in [0.1, 0.15) is 18.0 Å². The van der Waals surface area contributed by atoms with Gasteiger partial charge in [0.05, 0.1) is 0 Å². The van der Waals surface area contributed by atoms with Crippen LogP contribution in [0.2, 0.25) is 0 Å². The molecule has 5 heteroatoms. The maximum atomic E-state index is 6.22. The fraction of sp³-hybridized carbons (Fsp3) is 0.694. The summed E-state index contributed by atoms with van der Waals surface area (Å²) in [6, 6.07) is 14.1. The SMILES string of the molecule is CC(C)(CCC(C)(C)N[C@H]1C[C@@H](Oc2ccc(C(C)(C)C)cn2)C1)Cc1ccc(O[C@H]2C[C@@H](NC(C)(C)C)C2)cc1. The standard InChI is InChI=1S/C36H57N3O2/c1-33(2,3)26-13-16-32(37-24-26)41-31-21-28(22-31)39-36(9,10)18-17-35(7,8)23-25-11-14-29(15-12-25)40-30-19-27(20-30)38-34(4,5)6/h11-16,24,27-28,30-31,38-39H,17-23H2,1-10H3/t27-,28-,30+,31+. The zero-order chi connectivity index (χ0) is 30.1. The third-order valence-corrected chi connectivity index (χ3v) is 8.65. The number of nitrogens with zero attached hydrogens (tertiary/aromatic N) is 1. The first kappa shape index (κ1) is 31.8. The van der Waals surface area contributed by atoms with Crippen LogP contribution in [0.15, 0.2) is 42.6 Å². The van der Waals surface area contributed by atoms with Gasteiger partial charge < -0.3 is 20.1 Å². The smallest absolute Gasteiger partial charge is 0.213 e. The van der Waals surface area contributed by atoms with Gasteiger partial charge in [0.25, 0.3) is 0 Å². The van der Waals surface area contributed by atoms with Gasteiger partial charge in [-0.1, -0.05) is 52.8 Å². The number of ether oxygens (including phenoxy) is 2. The predicted molar refractivity (Wildman–Crippen MR) is 171 cm³/mol. The van der Waals surface area contributed by atoms with E-state index in [9.17, 15) is 0 Å². The Kier molecular flexibility index (Phi) is 9.50. The molecule has 0 radical (unpaired) electrons. The van der Waals surface area contributed by atoms with E-state index in [1.165, 1.54) is 17.5 Å². The molecule has 0 spiro atoms. The van der Waals surface area contributed by atoms with Gasteiger partial charge in [-0.2, -0.15) is 0 Å². The van der Waals surface area contributed by atoms with Gasteiger partial charge in [0, 0.05) is 35.4 Å². The van der Waals surface area contributed by atoms with Crippen molar-refractivity contribution in [3.05, 3.63) is 53.7 Å². The topological polar surface area (TPSA) is 55.4 Å². The van der Waals surface area contributed by atoms with Crippen LogP contribution in [0.3, 0.4) is 0 Å². The molecular weight excluding hydrogens is 506 g/mol. The van der Waals surface area contributed by atoms with E-state index in [0.717, 1.165) is 50.2 Å². The Morgan fingerprint density at radius 2 is 1.29 bits per heavy atom. The minimum Gasteiger partial charge on any atom is -0.490 e. The summed E-state index contributed by atoms with van der Waals surface area (Å²) in [6.07, 6.45) is 10.2. The summed E-state index contributed by atoms with van der Waals surface area (Å²) in [4.78, 5) is 4.54. The van der Waals surface area contributed by atoms with Crippen molar-refractivity contribution in [2.45, 2.75) is 155 Å². The van der Waals surface area contributed by atoms with Crippen molar-refractivity contribution in [1.82, 2.24) is 15.6 Å². The highest BCUT2D eigenvalue weighted by atomic mass is 16.5. The molecule has 0 bridgehead atoms. The molecule has 1 aromatic carbocycles. The van der Waals surface area contributed by atoms with Crippen molar-refractivity contribution < 1.29 is 9.47 Å². The van der Waals surface area contributed by atoms with E-state index in [-0.39, 0.29) is 28.0 Å². The van der Waals surface area contributed by atoms with Crippen LogP contribution >= 0.6 is 0 Å². The van der Waals surface area contributed by atoms with Crippen LogP contribution in [0, 0.1) is 5.41 Å². The summed E-state index contributed by atoms with van der Waals surface area (Å²) < 4.78 is 12.4. The molecule has 2 N–H and O–H groups in total. The van der Waals surface area contributed by atoms with Crippen LogP contribution in [0.25, 0.3) is 0 Å². The van der Waals surface area contributed by atoms with Crippen molar-refractivity contribution in [2.75, 3.05) is 0 Å². The molecule has 1 aromatic heterocycles. The summed E-state index contributed by atoms with van der Waals surface area (Å²) >= 11 is 0. The molecule has 4 rings (SSSR count). The first-order chi connectivity index (χ1) is 18.9.